The molecule has 2 heteroatoms. The number of anilines is 1. The molecule has 0 aromatic heterocycles. The monoisotopic (exact) mass is 257 g/mol. The maximum absolute atomic E-state index is 6.32. The van der Waals surface area contributed by atoms with Gasteiger partial charge in [-0.15, -0.1) is 0 Å². The van der Waals surface area contributed by atoms with Crippen molar-refractivity contribution >= 4 is 17.3 Å². The molecule has 1 fully saturated rings. The van der Waals surface area contributed by atoms with Gasteiger partial charge in [0.05, 0.1) is 5.02 Å². The van der Waals surface area contributed by atoms with Crippen LogP contribution in [-0.4, -0.2) is 0 Å². The van der Waals surface area contributed by atoms with E-state index in [0.29, 0.717) is 11.6 Å². The molecule has 1 aliphatic rings. The van der Waals surface area contributed by atoms with Crippen molar-refractivity contribution in [3.05, 3.63) is 53.1 Å². The molecule has 2 aromatic rings. The maximum Gasteiger partial charge on any atom is 0.0504 e. The first-order chi connectivity index (χ1) is 8.75. The van der Waals surface area contributed by atoms with Gasteiger partial charge in [-0.2, -0.15) is 0 Å². The third kappa shape index (κ3) is 1.99. The highest BCUT2D eigenvalue weighted by Crippen LogP contribution is 2.42. The van der Waals surface area contributed by atoms with E-state index in [0.717, 1.165) is 10.6 Å². The third-order valence-electron chi connectivity index (χ3n) is 3.79. The Morgan fingerprint density at radius 2 is 1.78 bits per heavy atom. The normalized spacial score (nSPS) is 15.4. The minimum absolute atomic E-state index is 0.704. The second-order valence-corrected chi connectivity index (χ2v) is 5.36. The van der Waals surface area contributed by atoms with Crippen LogP contribution in [0, 0.1) is 0 Å². The summed E-state index contributed by atoms with van der Waals surface area (Å²) in [5, 5.41) is 0.738. The fraction of sp³-hybridized carbons (Fsp3) is 0.250. The first kappa shape index (κ1) is 11.6. The van der Waals surface area contributed by atoms with Crippen molar-refractivity contribution in [3.63, 3.8) is 0 Å². The Balaban J connectivity index is 2.10. The van der Waals surface area contributed by atoms with Crippen LogP contribution in [0.3, 0.4) is 0 Å². The van der Waals surface area contributed by atoms with Gasteiger partial charge < -0.3 is 5.73 Å². The topological polar surface area (TPSA) is 26.0 Å². The molecule has 0 aliphatic heterocycles. The Bertz CT molecular complexity index is 573. The van der Waals surface area contributed by atoms with Gasteiger partial charge in [-0.25, -0.2) is 0 Å². The number of nitrogens with two attached hydrogens (primary N) is 1. The van der Waals surface area contributed by atoms with Crippen molar-refractivity contribution < 1.29 is 0 Å². The van der Waals surface area contributed by atoms with Crippen molar-refractivity contribution in [2.24, 2.45) is 0 Å². The van der Waals surface area contributed by atoms with Crippen LogP contribution >= 0.6 is 11.6 Å². The zero-order valence-corrected chi connectivity index (χ0v) is 11.0. The lowest BCUT2D eigenvalue weighted by atomic mass is 9.77. The van der Waals surface area contributed by atoms with E-state index in [2.05, 4.69) is 24.3 Å². The fourth-order valence-electron chi connectivity index (χ4n) is 2.57. The van der Waals surface area contributed by atoms with Crippen molar-refractivity contribution in [2.75, 3.05) is 5.73 Å². The van der Waals surface area contributed by atoms with Crippen molar-refractivity contribution in [3.8, 4) is 11.1 Å². The molecule has 0 unspecified atom stereocenters. The highest BCUT2D eigenvalue weighted by molar-refractivity contribution is 6.33. The van der Waals surface area contributed by atoms with E-state index in [-0.39, 0.29) is 0 Å². The summed E-state index contributed by atoms with van der Waals surface area (Å²) in [6, 6.07) is 14.3. The number of nitrogen functional groups attached to an aromatic ring is 1. The Kier molecular flexibility index (Phi) is 3.00. The van der Waals surface area contributed by atoms with Crippen LogP contribution in [0.25, 0.3) is 11.1 Å². The molecule has 0 radical (unpaired) electrons. The second-order valence-electron chi connectivity index (χ2n) is 4.95. The minimum atomic E-state index is 0.704. The van der Waals surface area contributed by atoms with E-state index in [4.69, 9.17) is 17.3 Å². The van der Waals surface area contributed by atoms with E-state index in [9.17, 15) is 0 Å². The lowest BCUT2D eigenvalue weighted by molar-refractivity contribution is 0.420. The molecular weight excluding hydrogens is 242 g/mol. The Hall–Kier alpha value is -1.47. The highest BCUT2D eigenvalue weighted by Gasteiger charge is 2.22. The number of halogens is 1. The van der Waals surface area contributed by atoms with Crippen LogP contribution in [0.2, 0.25) is 5.02 Å². The number of hydrogen-bond donors (Lipinski definition) is 1. The summed E-state index contributed by atoms with van der Waals surface area (Å²) in [5.41, 5.74) is 10.2. The quantitative estimate of drug-likeness (QED) is 0.764. The van der Waals surface area contributed by atoms with Crippen LogP contribution in [0.5, 0.6) is 0 Å². The van der Waals surface area contributed by atoms with E-state index in [1.54, 1.807) is 0 Å². The average molecular weight is 258 g/mol. The van der Waals surface area contributed by atoms with E-state index in [1.165, 1.54) is 30.4 Å². The summed E-state index contributed by atoms with van der Waals surface area (Å²) in [7, 11) is 0. The maximum atomic E-state index is 6.32. The molecule has 18 heavy (non-hydrogen) atoms. The van der Waals surface area contributed by atoms with Gasteiger partial charge >= 0.3 is 0 Å². The van der Waals surface area contributed by atoms with Crippen molar-refractivity contribution in [1.82, 2.24) is 0 Å². The first-order valence-corrected chi connectivity index (χ1v) is 6.78. The molecule has 1 saturated carbocycles. The predicted octanol–water partition coefficient (Wildman–Crippen LogP) is 4.86. The summed E-state index contributed by atoms with van der Waals surface area (Å²) in [6.07, 6.45) is 3.93. The molecule has 0 spiro atoms. The van der Waals surface area contributed by atoms with Crippen LogP contribution in [0.1, 0.15) is 30.7 Å². The van der Waals surface area contributed by atoms with Gasteiger partial charge in [-0.1, -0.05) is 48.4 Å². The van der Waals surface area contributed by atoms with Gasteiger partial charge in [-0.3, -0.25) is 0 Å². The van der Waals surface area contributed by atoms with Gasteiger partial charge in [0.15, 0.2) is 0 Å². The molecule has 0 bridgehead atoms. The number of rotatable bonds is 2. The van der Waals surface area contributed by atoms with Crippen molar-refractivity contribution in [1.29, 1.82) is 0 Å². The molecule has 1 aliphatic carbocycles. The molecule has 2 aromatic carbocycles. The van der Waals surface area contributed by atoms with Gasteiger partial charge in [0.2, 0.25) is 0 Å². The second kappa shape index (κ2) is 4.66. The van der Waals surface area contributed by atoms with Gasteiger partial charge in [0.1, 0.15) is 0 Å². The van der Waals surface area contributed by atoms with Gasteiger partial charge in [-0.05, 0) is 42.0 Å². The van der Waals surface area contributed by atoms with Crippen LogP contribution in [0.4, 0.5) is 5.69 Å². The van der Waals surface area contributed by atoms with Gasteiger partial charge in [0.25, 0.3) is 0 Å². The van der Waals surface area contributed by atoms with E-state index >= 15 is 0 Å². The largest absolute Gasteiger partial charge is 0.399 e. The summed E-state index contributed by atoms with van der Waals surface area (Å²) in [6.45, 7) is 0. The SMILES string of the molecule is Nc1ccc(-c2ccccc2C2CCC2)c(Cl)c1. The first-order valence-electron chi connectivity index (χ1n) is 6.40. The minimum Gasteiger partial charge on any atom is -0.399 e. The molecule has 92 valence electrons. The molecule has 1 nitrogen and oxygen atoms in total. The van der Waals surface area contributed by atoms with E-state index < -0.39 is 0 Å². The number of benzene rings is 2. The van der Waals surface area contributed by atoms with Crippen LogP contribution in [-0.2, 0) is 0 Å². The highest BCUT2D eigenvalue weighted by atomic mass is 35.5. The smallest absolute Gasteiger partial charge is 0.0504 e. The Morgan fingerprint density at radius 1 is 1.00 bits per heavy atom. The standard InChI is InChI=1S/C16H16ClN/c17-16-10-12(18)8-9-15(16)14-7-2-1-6-13(14)11-4-3-5-11/h1-2,6-11H,3-5,18H2. The number of hydrogen-bond acceptors (Lipinski definition) is 1. The van der Waals surface area contributed by atoms with Crippen molar-refractivity contribution in [2.45, 2.75) is 25.2 Å². The third-order valence-corrected chi connectivity index (χ3v) is 4.10. The lowest BCUT2D eigenvalue weighted by Crippen LogP contribution is -2.09. The van der Waals surface area contributed by atoms with Crippen LogP contribution in [0.15, 0.2) is 42.5 Å². The molecule has 0 saturated heterocycles. The molecule has 0 heterocycles. The summed E-state index contributed by atoms with van der Waals surface area (Å²) >= 11 is 6.32. The summed E-state index contributed by atoms with van der Waals surface area (Å²) < 4.78 is 0. The zero-order chi connectivity index (χ0) is 12.5. The molecular formula is C16H16ClN. The fourth-order valence-corrected chi connectivity index (χ4v) is 2.86. The zero-order valence-electron chi connectivity index (χ0n) is 10.2. The molecule has 2 N–H and O–H groups in total. The van der Waals surface area contributed by atoms with Crippen LogP contribution < -0.4 is 5.73 Å². The summed E-state index contributed by atoms with van der Waals surface area (Å²) in [4.78, 5) is 0. The molecule has 0 atom stereocenters. The molecule has 0 amide bonds. The summed E-state index contributed by atoms with van der Waals surface area (Å²) in [5.74, 6) is 0.704. The molecule has 3 rings (SSSR count). The van der Waals surface area contributed by atoms with E-state index in [1.807, 2.05) is 18.2 Å². The predicted molar refractivity (Wildman–Crippen MR) is 77.9 cm³/mol. The van der Waals surface area contributed by atoms with Gasteiger partial charge in [0, 0.05) is 11.3 Å². The Labute approximate surface area is 113 Å². The Morgan fingerprint density at radius 3 is 2.44 bits per heavy atom. The average Bonchev–Trinajstić information content (AvgIpc) is 2.28. The lowest BCUT2D eigenvalue weighted by Gasteiger charge is -2.28.